The highest BCUT2D eigenvalue weighted by Crippen LogP contribution is 2.25. The van der Waals surface area contributed by atoms with E-state index in [4.69, 9.17) is 9.84 Å². The van der Waals surface area contributed by atoms with Gasteiger partial charge < -0.3 is 9.84 Å². The Morgan fingerprint density at radius 1 is 1.38 bits per heavy atom. The minimum Gasteiger partial charge on any atom is -0.480 e. The summed E-state index contributed by atoms with van der Waals surface area (Å²) < 4.78 is 5.17. The normalized spacial score (nSPS) is 25.6. The Morgan fingerprint density at radius 3 is 2.38 bits per heavy atom. The Kier molecular flexibility index (Phi) is 3.45. The quantitative estimate of drug-likeness (QED) is 0.743. The molecule has 1 saturated heterocycles. The van der Waals surface area contributed by atoms with Crippen molar-refractivity contribution in [3.8, 4) is 0 Å². The highest BCUT2D eigenvalue weighted by atomic mass is 16.6. The minimum absolute atomic E-state index is 0.0231. The third-order valence-corrected chi connectivity index (χ3v) is 2.58. The third kappa shape index (κ3) is 2.87. The molecule has 2 atom stereocenters. The molecule has 5 heteroatoms. The van der Waals surface area contributed by atoms with Crippen LogP contribution < -0.4 is 0 Å². The van der Waals surface area contributed by atoms with Crippen LogP contribution in [0.5, 0.6) is 0 Å². The first-order chi connectivity index (χ1) is 7.22. The Morgan fingerprint density at radius 2 is 1.94 bits per heavy atom. The second kappa shape index (κ2) is 4.31. The number of likely N-dealkylation sites (tertiary alicyclic amines) is 1. The predicted octanol–water partition coefficient (Wildman–Crippen LogP) is 1.72. The lowest BCUT2D eigenvalue weighted by molar-refractivity contribution is -0.143. The Balaban J connectivity index is 2.73. The maximum Gasteiger partial charge on any atom is 0.411 e. The van der Waals surface area contributed by atoms with Gasteiger partial charge in [0.05, 0.1) is 0 Å². The van der Waals surface area contributed by atoms with Crippen molar-refractivity contribution < 1.29 is 19.4 Å². The van der Waals surface area contributed by atoms with E-state index in [0.717, 1.165) is 0 Å². The number of carboxylic acid groups (broad SMARTS) is 1. The van der Waals surface area contributed by atoms with Crippen molar-refractivity contribution in [2.75, 3.05) is 6.54 Å². The lowest BCUT2D eigenvalue weighted by Crippen LogP contribution is -2.45. The highest BCUT2D eigenvalue weighted by Gasteiger charge is 2.41. The molecule has 0 saturated carbocycles. The summed E-state index contributed by atoms with van der Waals surface area (Å²) in [5.41, 5.74) is -0.591. The van der Waals surface area contributed by atoms with Crippen LogP contribution in [-0.2, 0) is 9.53 Å². The van der Waals surface area contributed by atoms with Crippen molar-refractivity contribution in [3.05, 3.63) is 0 Å². The summed E-state index contributed by atoms with van der Waals surface area (Å²) >= 11 is 0. The molecule has 92 valence electrons. The smallest absolute Gasteiger partial charge is 0.411 e. The van der Waals surface area contributed by atoms with E-state index in [1.807, 2.05) is 6.92 Å². The van der Waals surface area contributed by atoms with Crippen LogP contribution >= 0.6 is 0 Å². The molecular weight excluding hydrogens is 210 g/mol. The van der Waals surface area contributed by atoms with E-state index in [2.05, 4.69) is 0 Å². The summed E-state index contributed by atoms with van der Waals surface area (Å²) in [7, 11) is 0. The fraction of sp³-hybridized carbons (Fsp3) is 0.818. The van der Waals surface area contributed by atoms with E-state index >= 15 is 0 Å². The number of nitrogens with zero attached hydrogens (tertiary/aromatic N) is 1. The number of carbonyl (C=O) groups excluding carboxylic acids is 1. The zero-order chi connectivity index (χ0) is 12.5. The van der Waals surface area contributed by atoms with Gasteiger partial charge in [0.2, 0.25) is 0 Å². The molecule has 1 amide bonds. The van der Waals surface area contributed by atoms with Crippen molar-refractivity contribution in [3.63, 3.8) is 0 Å². The van der Waals surface area contributed by atoms with Crippen molar-refractivity contribution in [1.29, 1.82) is 0 Å². The van der Waals surface area contributed by atoms with E-state index in [0.29, 0.717) is 13.0 Å². The monoisotopic (exact) mass is 229 g/mol. The highest BCUT2D eigenvalue weighted by molar-refractivity contribution is 5.81. The van der Waals surface area contributed by atoms with Crippen molar-refractivity contribution in [1.82, 2.24) is 4.90 Å². The predicted molar refractivity (Wildman–Crippen MR) is 58.1 cm³/mol. The van der Waals surface area contributed by atoms with E-state index in [1.165, 1.54) is 4.90 Å². The third-order valence-electron chi connectivity index (χ3n) is 2.58. The molecule has 0 aromatic heterocycles. The average Bonchev–Trinajstić information content (AvgIpc) is 2.43. The van der Waals surface area contributed by atoms with Gasteiger partial charge in [-0.25, -0.2) is 9.59 Å². The number of carboxylic acids is 1. The van der Waals surface area contributed by atoms with E-state index in [-0.39, 0.29) is 5.92 Å². The van der Waals surface area contributed by atoms with Gasteiger partial charge in [-0.2, -0.15) is 0 Å². The lowest BCUT2D eigenvalue weighted by Gasteiger charge is -2.27. The fourth-order valence-electron chi connectivity index (χ4n) is 1.85. The fourth-order valence-corrected chi connectivity index (χ4v) is 1.85. The number of hydrogen-bond acceptors (Lipinski definition) is 3. The lowest BCUT2D eigenvalue weighted by atomic mass is 10.0. The number of carbonyl (C=O) groups is 2. The number of rotatable bonds is 1. The zero-order valence-electron chi connectivity index (χ0n) is 10.2. The Labute approximate surface area is 95.4 Å². The SMILES string of the molecule is CC1CCN(C(=O)OC(C)(C)C)[C@H]1C(=O)O. The van der Waals surface area contributed by atoms with Gasteiger partial charge in [0, 0.05) is 6.54 Å². The van der Waals surface area contributed by atoms with Crippen LogP contribution in [0.1, 0.15) is 34.1 Å². The molecule has 0 aromatic carbocycles. The summed E-state index contributed by atoms with van der Waals surface area (Å²) in [4.78, 5) is 24.1. The topological polar surface area (TPSA) is 66.8 Å². The molecule has 1 unspecified atom stereocenters. The van der Waals surface area contributed by atoms with Gasteiger partial charge in [-0.15, -0.1) is 0 Å². The standard InChI is InChI=1S/C11H19NO4/c1-7-5-6-12(8(7)9(13)14)10(15)16-11(2,3)4/h7-8H,5-6H2,1-4H3,(H,13,14)/t7?,8-/m1/s1. The first-order valence-corrected chi connectivity index (χ1v) is 5.45. The van der Waals surface area contributed by atoms with Gasteiger partial charge in [-0.05, 0) is 33.1 Å². The van der Waals surface area contributed by atoms with Crippen LogP contribution in [0, 0.1) is 5.92 Å². The second-order valence-electron chi connectivity index (χ2n) is 5.22. The van der Waals surface area contributed by atoms with E-state index in [1.54, 1.807) is 20.8 Å². The molecule has 16 heavy (non-hydrogen) atoms. The van der Waals surface area contributed by atoms with Crippen LogP contribution in [-0.4, -0.2) is 40.3 Å². The first kappa shape index (κ1) is 12.8. The molecular formula is C11H19NO4. The van der Waals surface area contributed by atoms with Crippen LogP contribution in [0.25, 0.3) is 0 Å². The molecule has 1 heterocycles. The molecule has 0 bridgehead atoms. The number of ether oxygens (including phenoxy) is 1. The molecule has 0 aliphatic carbocycles. The van der Waals surface area contributed by atoms with E-state index in [9.17, 15) is 9.59 Å². The summed E-state index contributed by atoms with van der Waals surface area (Å²) in [6, 6.07) is -0.755. The molecule has 1 aliphatic rings. The van der Waals surface area contributed by atoms with Crippen molar-refractivity contribution >= 4 is 12.1 Å². The van der Waals surface area contributed by atoms with Crippen molar-refractivity contribution in [2.45, 2.75) is 45.8 Å². The van der Waals surface area contributed by atoms with Crippen LogP contribution in [0.4, 0.5) is 4.79 Å². The Bertz CT molecular complexity index is 295. The molecule has 5 nitrogen and oxygen atoms in total. The van der Waals surface area contributed by atoms with Crippen LogP contribution in [0.2, 0.25) is 0 Å². The summed E-state index contributed by atoms with van der Waals surface area (Å²) in [6.07, 6.45) is 0.167. The summed E-state index contributed by atoms with van der Waals surface area (Å²) in [6.45, 7) is 7.58. The second-order valence-corrected chi connectivity index (χ2v) is 5.22. The number of amides is 1. The van der Waals surface area contributed by atoms with Crippen LogP contribution in [0.15, 0.2) is 0 Å². The molecule has 1 aliphatic heterocycles. The largest absolute Gasteiger partial charge is 0.480 e. The van der Waals surface area contributed by atoms with Crippen LogP contribution in [0.3, 0.4) is 0 Å². The molecule has 0 aromatic rings. The van der Waals surface area contributed by atoms with Gasteiger partial charge in [-0.1, -0.05) is 6.92 Å². The summed E-state index contributed by atoms with van der Waals surface area (Å²) in [5.74, 6) is -0.985. The minimum atomic E-state index is -0.962. The van der Waals surface area contributed by atoms with Gasteiger partial charge in [-0.3, -0.25) is 4.90 Å². The molecule has 1 rings (SSSR count). The van der Waals surface area contributed by atoms with Crippen molar-refractivity contribution in [2.24, 2.45) is 5.92 Å². The van der Waals surface area contributed by atoms with E-state index < -0.39 is 23.7 Å². The number of aliphatic carboxylic acids is 1. The van der Waals surface area contributed by atoms with Gasteiger partial charge >= 0.3 is 12.1 Å². The number of hydrogen-bond donors (Lipinski definition) is 1. The van der Waals surface area contributed by atoms with Gasteiger partial charge in [0.15, 0.2) is 0 Å². The Hall–Kier alpha value is -1.26. The first-order valence-electron chi connectivity index (χ1n) is 5.45. The maximum absolute atomic E-state index is 11.8. The zero-order valence-corrected chi connectivity index (χ0v) is 10.2. The average molecular weight is 229 g/mol. The summed E-state index contributed by atoms with van der Waals surface area (Å²) in [5, 5.41) is 9.05. The molecule has 0 spiro atoms. The molecule has 1 N–H and O–H groups in total. The maximum atomic E-state index is 11.8. The van der Waals surface area contributed by atoms with Gasteiger partial charge in [0.25, 0.3) is 0 Å². The molecule has 0 radical (unpaired) electrons. The molecule has 1 fully saturated rings. The van der Waals surface area contributed by atoms with Gasteiger partial charge in [0.1, 0.15) is 11.6 Å².